The van der Waals surface area contributed by atoms with Gasteiger partial charge in [0.05, 0.1) is 0 Å². The molecule has 0 bridgehead atoms. The van der Waals surface area contributed by atoms with Crippen LogP contribution in [0.15, 0.2) is 105 Å². The van der Waals surface area contributed by atoms with Gasteiger partial charge in [-0.15, -0.1) is 46.2 Å². The Morgan fingerprint density at radius 1 is 0.425 bits per heavy atom. The summed E-state index contributed by atoms with van der Waals surface area (Å²) in [6.45, 7) is 0. The Morgan fingerprint density at radius 2 is 0.775 bits per heavy atom. The molecule has 0 N–H and O–H groups in total. The summed E-state index contributed by atoms with van der Waals surface area (Å²) in [5.41, 5.74) is 2.53. The first-order valence-corrected chi connectivity index (χ1v) is 17.4. The highest BCUT2D eigenvalue weighted by atomic mass is 32.2. The standard InChI is InChI=1S/C36H24S4/c1-37-33-17-29-15-31-19-35-23(5-7-39-35)11-27(31)13-25(29)9-21(33)3-4-22-10-26-14-28-12-24-6-8-40-36(24)20-32(28)16-30(26)18-34(22)38-2/h3-20H,1-2H3/b4-3+. The van der Waals surface area contributed by atoms with Gasteiger partial charge >= 0.3 is 0 Å². The third-order valence-corrected chi connectivity index (χ3v) is 11.2. The Labute approximate surface area is 249 Å². The van der Waals surface area contributed by atoms with Crippen LogP contribution in [-0.2, 0) is 0 Å². The second kappa shape index (κ2) is 9.67. The van der Waals surface area contributed by atoms with E-state index in [-0.39, 0.29) is 0 Å². The molecule has 8 rings (SSSR count). The lowest BCUT2D eigenvalue weighted by molar-refractivity contribution is 1.46. The van der Waals surface area contributed by atoms with E-state index in [1.165, 1.54) is 84.2 Å². The number of benzene rings is 6. The summed E-state index contributed by atoms with van der Waals surface area (Å²) in [5.74, 6) is 0. The van der Waals surface area contributed by atoms with E-state index in [1.54, 1.807) is 0 Å². The molecule has 0 saturated carbocycles. The van der Waals surface area contributed by atoms with Crippen LogP contribution < -0.4 is 0 Å². The van der Waals surface area contributed by atoms with Crippen molar-refractivity contribution >= 4 is 122 Å². The minimum absolute atomic E-state index is 1.27. The maximum absolute atomic E-state index is 2.36. The zero-order valence-electron chi connectivity index (χ0n) is 22.0. The van der Waals surface area contributed by atoms with E-state index in [1.807, 2.05) is 46.2 Å². The van der Waals surface area contributed by atoms with Gasteiger partial charge < -0.3 is 0 Å². The maximum Gasteiger partial charge on any atom is 0.0349 e. The van der Waals surface area contributed by atoms with Crippen molar-refractivity contribution in [2.75, 3.05) is 12.5 Å². The molecule has 0 amide bonds. The molecule has 2 heterocycles. The van der Waals surface area contributed by atoms with Gasteiger partial charge in [0.1, 0.15) is 0 Å². The summed E-state index contributed by atoms with van der Waals surface area (Å²) in [5, 5.41) is 17.4. The molecule has 0 fully saturated rings. The van der Waals surface area contributed by atoms with E-state index >= 15 is 0 Å². The van der Waals surface area contributed by atoms with Crippen molar-refractivity contribution in [1.29, 1.82) is 0 Å². The Bertz CT molecular complexity index is 2130. The summed E-state index contributed by atoms with van der Waals surface area (Å²) in [6.07, 6.45) is 8.95. The van der Waals surface area contributed by atoms with Crippen LogP contribution in [0.2, 0.25) is 0 Å². The molecule has 0 saturated heterocycles. The molecule has 0 nitrogen and oxygen atoms in total. The van der Waals surface area contributed by atoms with Crippen LogP contribution in [0.1, 0.15) is 11.1 Å². The molecule has 40 heavy (non-hydrogen) atoms. The third-order valence-electron chi connectivity index (χ3n) is 7.87. The Balaban J connectivity index is 1.24. The van der Waals surface area contributed by atoms with E-state index in [9.17, 15) is 0 Å². The second-order valence-corrected chi connectivity index (χ2v) is 13.8. The molecule has 8 aromatic rings. The molecule has 0 spiro atoms. The Kier molecular flexibility index (Phi) is 5.93. The van der Waals surface area contributed by atoms with Gasteiger partial charge in [-0.1, -0.05) is 12.2 Å². The number of fused-ring (bicyclic) bond motifs is 6. The first-order chi connectivity index (χ1) is 19.6. The average molecular weight is 585 g/mol. The molecule has 0 radical (unpaired) electrons. The molecule has 6 aromatic carbocycles. The van der Waals surface area contributed by atoms with Crippen molar-refractivity contribution < 1.29 is 0 Å². The van der Waals surface area contributed by atoms with Gasteiger partial charge in [0.25, 0.3) is 0 Å². The number of rotatable bonds is 4. The largest absolute Gasteiger partial charge is 0.144 e. The predicted octanol–water partition coefficient (Wildman–Crippen LogP) is 12.3. The summed E-state index contributed by atoms with van der Waals surface area (Å²) in [6, 6.07) is 32.6. The van der Waals surface area contributed by atoms with Crippen molar-refractivity contribution in [1.82, 2.24) is 0 Å². The smallest absolute Gasteiger partial charge is 0.0349 e. The monoisotopic (exact) mass is 584 g/mol. The number of hydrogen-bond acceptors (Lipinski definition) is 4. The minimum Gasteiger partial charge on any atom is -0.144 e. The highest BCUT2D eigenvalue weighted by molar-refractivity contribution is 7.99. The molecule has 0 aliphatic carbocycles. The van der Waals surface area contributed by atoms with Gasteiger partial charge in [0.15, 0.2) is 0 Å². The van der Waals surface area contributed by atoms with Gasteiger partial charge in [-0.25, -0.2) is 0 Å². The summed E-state index contributed by atoms with van der Waals surface area (Å²) < 4.78 is 2.70. The fourth-order valence-electron chi connectivity index (χ4n) is 5.81. The Hall–Kier alpha value is -3.28. The van der Waals surface area contributed by atoms with Gasteiger partial charge in [-0.2, -0.15) is 0 Å². The Morgan fingerprint density at radius 3 is 1.20 bits per heavy atom. The average Bonchev–Trinajstić information content (AvgIpc) is 3.63. The van der Waals surface area contributed by atoms with Gasteiger partial charge in [-0.05, 0) is 173 Å². The van der Waals surface area contributed by atoms with E-state index in [0.717, 1.165) is 0 Å². The van der Waals surface area contributed by atoms with Crippen LogP contribution in [-0.4, -0.2) is 12.5 Å². The summed E-state index contributed by atoms with van der Waals surface area (Å²) in [4.78, 5) is 2.61. The fourth-order valence-corrected chi connectivity index (χ4v) is 8.66. The van der Waals surface area contributed by atoms with Gasteiger partial charge in [-0.3, -0.25) is 0 Å². The normalized spacial score (nSPS) is 12.3. The predicted molar refractivity (Wildman–Crippen MR) is 186 cm³/mol. The van der Waals surface area contributed by atoms with Crippen LogP contribution in [0.3, 0.4) is 0 Å². The van der Waals surface area contributed by atoms with Crippen LogP contribution in [0.25, 0.3) is 75.4 Å². The van der Waals surface area contributed by atoms with Gasteiger partial charge in [0, 0.05) is 19.2 Å². The molecule has 0 aliphatic rings. The molecular formula is C36H24S4. The van der Waals surface area contributed by atoms with E-state index < -0.39 is 0 Å². The lowest BCUT2D eigenvalue weighted by atomic mass is 9.99. The highest BCUT2D eigenvalue weighted by Crippen LogP contribution is 2.36. The van der Waals surface area contributed by atoms with Crippen LogP contribution in [0.4, 0.5) is 0 Å². The van der Waals surface area contributed by atoms with Crippen molar-refractivity contribution in [3.05, 3.63) is 107 Å². The first-order valence-electron chi connectivity index (χ1n) is 13.2. The second-order valence-electron chi connectivity index (χ2n) is 10.2. The quantitative estimate of drug-likeness (QED) is 0.115. The van der Waals surface area contributed by atoms with Crippen molar-refractivity contribution in [2.24, 2.45) is 0 Å². The van der Waals surface area contributed by atoms with Crippen molar-refractivity contribution in [2.45, 2.75) is 9.79 Å². The van der Waals surface area contributed by atoms with Crippen LogP contribution >= 0.6 is 46.2 Å². The zero-order valence-corrected chi connectivity index (χ0v) is 25.3. The van der Waals surface area contributed by atoms with Gasteiger partial charge in [0.2, 0.25) is 0 Å². The third kappa shape index (κ3) is 4.13. The SMILES string of the molecule is CSc1cc2cc3cc4sccc4cc3cc2cc1/C=C/c1cc2cc3cc4ccsc4cc3cc2cc1SC. The molecule has 0 atom stereocenters. The van der Waals surface area contributed by atoms with Crippen LogP contribution in [0, 0.1) is 0 Å². The molecule has 0 unspecified atom stereocenters. The molecule has 2 aromatic heterocycles. The summed E-state index contributed by atoms with van der Waals surface area (Å²) in [7, 11) is 0. The van der Waals surface area contributed by atoms with Crippen LogP contribution in [0.5, 0.6) is 0 Å². The van der Waals surface area contributed by atoms with Crippen molar-refractivity contribution in [3.8, 4) is 0 Å². The van der Waals surface area contributed by atoms with E-state index in [4.69, 9.17) is 0 Å². The lowest BCUT2D eigenvalue weighted by Gasteiger charge is -2.10. The van der Waals surface area contributed by atoms with Crippen molar-refractivity contribution in [3.63, 3.8) is 0 Å². The number of hydrogen-bond donors (Lipinski definition) is 0. The number of thiophene rings is 2. The molecule has 4 heteroatoms. The molecular weight excluding hydrogens is 561 g/mol. The highest BCUT2D eigenvalue weighted by Gasteiger charge is 2.09. The number of thioether (sulfide) groups is 2. The lowest BCUT2D eigenvalue weighted by Crippen LogP contribution is -1.85. The summed E-state index contributed by atoms with van der Waals surface area (Å²) >= 11 is 7.26. The fraction of sp³-hybridized carbons (Fsp3) is 0.0556. The maximum atomic E-state index is 2.36. The van der Waals surface area contributed by atoms with E-state index in [2.05, 4.69) is 120 Å². The zero-order chi connectivity index (χ0) is 26.8. The first kappa shape index (κ1) is 24.5. The minimum atomic E-state index is 1.27. The topological polar surface area (TPSA) is 0 Å². The molecule has 0 aliphatic heterocycles. The van der Waals surface area contributed by atoms with E-state index in [0.29, 0.717) is 0 Å². The molecule has 192 valence electrons.